The van der Waals surface area contributed by atoms with E-state index in [1.54, 1.807) is 17.3 Å². The van der Waals surface area contributed by atoms with Gasteiger partial charge in [0.2, 0.25) is 5.91 Å². The second kappa shape index (κ2) is 7.66. The molecule has 6 heteroatoms. The molecule has 0 spiro atoms. The zero-order valence-corrected chi connectivity index (χ0v) is 14.9. The van der Waals surface area contributed by atoms with Crippen molar-refractivity contribution in [1.29, 1.82) is 0 Å². The van der Waals surface area contributed by atoms with Gasteiger partial charge in [-0.1, -0.05) is 31.2 Å². The molecule has 1 aromatic heterocycles. The molecule has 1 aromatic carbocycles. The first-order valence-electron chi connectivity index (χ1n) is 8.75. The van der Waals surface area contributed by atoms with E-state index < -0.39 is 11.5 Å². The lowest BCUT2D eigenvalue weighted by atomic mass is 9.90. The van der Waals surface area contributed by atoms with Gasteiger partial charge in [-0.15, -0.1) is 0 Å². The van der Waals surface area contributed by atoms with Crippen LogP contribution in [0.5, 0.6) is 0 Å². The van der Waals surface area contributed by atoms with Gasteiger partial charge in [0.25, 0.3) is 5.91 Å². The Morgan fingerprint density at radius 2 is 2.00 bits per heavy atom. The molecular formula is C20H23N3O3. The maximum atomic E-state index is 12.2. The molecule has 1 fully saturated rings. The zero-order chi connectivity index (χ0) is 18.6. The first-order chi connectivity index (χ1) is 12.5. The van der Waals surface area contributed by atoms with Crippen molar-refractivity contribution < 1.29 is 14.3 Å². The largest absolute Gasteiger partial charge is 0.367 e. The molecule has 0 aliphatic carbocycles. The van der Waals surface area contributed by atoms with Crippen LogP contribution >= 0.6 is 0 Å². The van der Waals surface area contributed by atoms with E-state index in [2.05, 4.69) is 4.98 Å². The molecule has 0 bridgehead atoms. The van der Waals surface area contributed by atoms with Crippen molar-refractivity contribution in [2.45, 2.75) is 25.4 Å². The lowest BCUT2D eigenvalue weighted by molar-refractivity contribution is -0.163. The van der Waals surface area contributed by atoms with Gasteiger partial charge in [0.15, 0.2) is 5.60 Å². The average Bonchev–Trinajstić information content (AvgIpc) is 2.68. The number of rotatable bonds is 5. The van der Waals surface area contributed by atoms with Crippen molar-refractivity contribution in [1.82, 2.24) is 9.88 Å². The number of aromatic nitrogens is 1. The minimum Gasteiger partial charge on any atom is -0.367 e. The zero-order valence-electron chi connectivity index (χ0n) is 14.9. The van der Waals surface area contributed by atoms with Gasteiger partial charge in [-0.05, 0) is 28.8 Å². The van der Waals surface area contributed by atoms with Gasteiger partial charge < -0.3 is 15.4 Å². The molecule has 6 nitrogen and oxygen atoms in total. The lowest BCUT2D eigenvalue weighted by Gasteiger charge is -2.40. The van der Waals surface area contributed by atoms with Crippen LogP contribution in [0, 0.1) is 0 Å². The van der Waals surface area contributed by atoms with Gasteiger partial charge in [-0.3, -0.25) is 14.6 Å². The van der Waals surface area contributed by atoms with Crippen molar-refractivity contribution in [3.63, 3.8) is 0 Å². The number of hydrogen-bond donors (Lipinski definition) is 1. The first-order valence-corrected chi connectivity index (χ1v) is 8.75. The number of amides is 2. The Balaban J connectivity index is 1.87. The summed E-state index contributed by atoms with van der Waals surface area (Å²) in [6, 6.07) is 11.8. The van der Waals surface area contributed by atoms with E-state index in [1.165, 1.54) is 0 Å². The number of nitrogens with zero attached hydrogens (tertiary/aromatic N) is 2. The van der Waals surface area contributed by atoms with E-state index in [4.69, 9.17) is 10.5 Å². The highest BCUT2D eigenvalue weighted by Gasteiger charge is 2.43. The van der Waals surface area contributed by atoms with Crippen LogP contribution in [0.1, 0.15) is 18.9 Å². The number of benzene rings is 1. The highest BCUT2D eigenvalue weighted by Crippen LogP contribution is 2.26. The van der Waals surface area contributed by atoms with Crippen LogP contribution in [0.3, 0.4) is 0 Å². The Morgan fingerprint density at radius 3 is 2.69 bits per heavy atom. The van der Waals surface area contributed by atoms with Crippen molar-refractivity contribution in [3.8, 4) is 11.1 Å². The van der Waals surface area contributed by atoms with Crippen molar-refractivity contribution in [2.24, 2.45) is 5.73 Å². The standard InChI is InChI=1S/C20H23N3O3/c1-2-18(24)23-10-11-26-20(14-23,19(21)25)13-15-4-3-5-17(12-15)16-6-8-22-9-7-16/h3-9,12H,2,10-11,13-14H2,1H3,(H2,21,25). The predicted molar refractivity (Wildman–Crippen MR) is 98.1 cm³/mol. The molecule has 0 radical (unpaired) electrons. The quantitative estimate of drug-likeness (QED) is 0.888. The number of primary amides is 1. The molecule has 2 aromatic rings. The molecule has 1 unspecified atom stereocenters. The third-order valence-electron chi connectivity index (χ3n) is 4.72. The molecule has 1 atom stereocenters. The number of nitrogens with two attached hydrogens (primary N) is 1. The minimum absolute atomic E-state index is 0.00413. The van der Waals surface area contributed by atoms with Gasteiger partial charge in [0.05, 0.1) is 13.2 Å². The Morgan fingerprint density at radius 1 is 1.23 bits per heavy atom. The second-order valence-electron chi connectivity index (χ2n) is 6.49. The van der Waals surface area contributed by atoms with Crippen LogP contribution < -0.4 is 5.73 Å². The highest BCUT2D eigenvalue weighted by atomic mass is 16.5. The Hall–Kier alpha value is -2.73. The molecule has 3 rings (SSSR count). The van der Waals surface area contributed by atoms with Crippen LogP contribution in [0.25, 0.3) is 11.1 Å². The molecule has 136 valence electrons. The van der Waals surface area contributed by atoms with Gasteiger partial charge in [0.1, 0.15) is 0 Å². The molecule has 2 amide bonds. The lowest BCUT2D eigenvalue weighted by Crippen LogP contribution is -2.61. The fraction of sp³-hybridized carbons (Fsp3) is 0.350. The Kier molecular flexibility index (Phi) is 5.32. The Labute approximate surface area is 153 Å². The van der Waals surface area contributed by atoms with Gasteiger partial charge in [-0.25, -0.2) is 0 Å². The molecule has 1 aliphatic heterocycles. The third kappa shape index (κ3) is 3.75. The van der Waals surface area contributed by atoms with E-state index in [0.717, 1.165) is 16.7 Å². The molecule has 2 heterocycles. The summed E-state index contributed by atoms with van der Waals surface area (Å²) in [5, 5.41) is 0. The Bertz CT molecular complexity index is 794. The fourth-order valence-corrected chi connectivity index (χ4v) is 3.30. The second-order valence-corrected chi connectivity index (χ2v) is 6.49. The van der Waals surface area contributed by atoms with E-state index in [1.807, 2.05) is 43.3 Å². The topological polar surface area (TPSA) is 85.5 Å². The predicted octanol–water partition coefficient (Wildman–Crippen LogP) is 1.78. The number of morpholine rings is 1. The summed E-state index contributed by atoms with van der Waals surface area (Å²) in [4.78, 5) is 30.0. The highest BCUT2D eigenvalue weighted by molar-refractivity contribution is 5.86. The summed E-state index contributed by atoms with van der Waals surface area (Å²) >= 11 is 0. The van der Waals surface area contributed by atoms with E-state index in [-0.39, 0.29) is 12.5 Å². The summed E-state index contributed by atoms with van der Waals surface area (Å²) in [6.07, 6.45) is 4.21. The normalized spacial score (nSPS) is 20.0. The average molecular weight is 353 g/mol. The van der Waals surface area contributed by atoms with E-state index >= 15 is 0 Å². The summed E-state index contributed by atoms with van der Waals surface area (Å²) < 4.78 is 5.82. The number of hydrogen-bond acceptors (Lipinski definition) is 4. The molecule has 0 saturated carbocycles. The number of pyridine rings is 1. The maximum Gasteiger partial charge on any atom is 0.251 e. The number of ether oxygens (including phenoxy) is 1. The summed E-state index contributed by atoms with van der Waals surface area (Å²) in [5.74, 6) is -0.537. The fourth-order valence-electron chi connectivity index (χ4n) is 3.30. The summed E-state index contributed by atoms with van der Waals surface area (Å²) in [6.45, 7) is 2.79. The maximum absolute atomic E-state index is 12.2. The number of carbonyl (C=O) groups is 2. The summed E-state index contributed by atoms with van der Waals surface area (Å²) in [5.41, 5.74) is 7.51. The van der Waals surface area contributed by atoms with Gasteiger partial charge in [-0.2, -0.15) is 0 Å². The number of carbonyl (C=O) groups excluding carboxylic acids is 2. The minimum atomic E-state index is -1.19. The van der Waals surface area contributed by atoms with E-state index in [0.29, 0.717) is 26.0 Å². The van der Waals surface area contributed by atoms with Crippen LogP contribution in [-0.4, -0.2) is 47.0 Å². The van der Waals surface area contributed by atoms with Gasteiger partial charge >= 0.3 is 0 Å². The molecule has 2 N–H and O–H groups in total. The molecule has 1 saturated heterocycles. The summed E-state index contributed by atoms with van der Waals surface area (Å²) in [7, 11) is 0. The van der Waals surface area contributed by atoms with Crippen LogP contribution in [0.4, 0.5) is 0 Å². The van der Waals surface area contributed by atoms with Crippen LogP contribution in [-0.2, 0) is 20.7 Å². The molecular weight excluding hydrogens is 330 g/mol. The van der Waals surface area contributed by atoms with Crippen molar-refractivity contribution in [2.75, 3.05) is 19.7 Å². The van der Waals surface area contributed by atoms with E-state index in [9.17, 15) is 9.59 Å². The van der Waals surface area contributed by atoms with Crippen LogP contribution in [0.2, 0.25) is 0 Å². The van der Waals surface area contributed by atoms with Gasteiger partial charge in [0, 0.05) is 31.8 Å². The SMILES string of the molecule is CCC(=O)N1CCOC(Cc2cccc(-c3ccncc3)c2)(C(N)=O)C1. The van der Waals surface area contributed by atoms with Crippen molar-refractivity contribution in [3.05, 3.63) is 54.4 Å². The third-order valence-corrected chi connectivity index (χ3v) is 4.72. The van der Waals surface area contributed by atoms with Crippen LogP contribution in [0.15, 0.2) is 48.8 Å². The smallest absolute Gasteiger partial charge is 0.251 e. The molecule has 26 heavy (non-hydrogen) atoms. The first kappa shape index (κ1) is 18.1. The molecule has 1 aliphatic rings. The monoisotopic (exact) mass is 353 g/mol. The van der Waals surface area contributed by atoms with Crippen molar-refractivity contribution >= 4 is 11.8 Å².